The second kappa shape index (κ2) is 7.69. The Morgan fingerprint density at radius 3 is 2.93 bits per heavy atom. The molecule has 4 rings (SSSR count). The molecule has 158 valence electrons. The molecule has 10 heteroatoms. The summed E-state index contributed by atoms with van der Waals surface area (Å²) in [6, 6.07) is 0.0475. The number of hydrogen-bond donors (Lipinski definition) is 2. The number of methoxy groups -OCH3 is 1. The number of imidazole rings is 1. The molecule has 1 saturated carbocycles. The van der Waals surface area contributed by atoms with Gasteiger partial charge in [0.15, 0.2) is 0 Å². The van der Waals surface area contributed by atoms with Crippen molar-refractivity contribution in [2.75, 3.05) is 19.5 Å². The van der Waals surface area contributed by atoms with Gasteiger partial charge in [-0.2, -0.15) is 0 Å². The van der Waals surface area contributed by atoms with Crippen LogP contribution in [0.15, 0.2) is 36.2 Å². The van der Waals surface area contributed by atoms with E-state index in [1.54, 1.807) is 47.7 Å². The fraction of sp³-hybridized carbons (Fsp3) is 0.400. The van der Waals surface area contributed by atoms with Crippen molar-refractivity contribution >= 4 is 28.3 Å². The number of rotatable bonds is 6. The van der Waals surface area contributed by atoms with Crippen LogP contribution in [0.1, 0.15) is 25.3 Å². The van der Waals surface area contributed by atoms with Gasteiger partial charge in [-0.3, -0.25) is 14.3 Å². The van der Waals surface area contributed by atoms with E-state index < -0.39 is 0 Å². The van der Waals surface area contributed by atoms with E-state index in [4.69, 9.17) is 4.74 Å². The Kier molecular flexibility index (Phi) is 5.06. The zero-order valence-electron chi connectivity index (χ0n) is 17.3. The van der Waals surface area contributed by atoms with Crippen LogP contribution in [0.25, 0.3) is 11.0 Å². The van der Waals surface area contributed by atoms with Crippen molar-refractivity contribution in [2.24, 2.45) is 7.05 Å². The van der Waals surface area contributed by atoms with Gasteiger partial charge in [-0.05, 0) is 25.3 Å². The molecule has 0 aliphatic heterocycles. The summed E-state index contributed by atoms with van der Waals surface area (Å²) in [7, 11) is 5.14. The summed E-state index contributed by atoms with van der Waals surface area (Å²) in [6.07, 6.45) is 8.75. The number of fused-ring (bicyclic) bond motifs is 1. The van der Waals surface area contributed by atoms with Crippen molar-refractivity contribution in [2.45, 2.75) is 31.3 Å². The lowest BCUT2D eigenvalue weighted by atomic mass is 10.2. The predicted molar refractivity (Wildman–Crippen MR) is 113 cm³/mol. The van der Waals surface area contributed by atoms with E-state index in [1.165, 1.54) is 12.4 Å². The third kappa shape index (κ3) is 3.34. The number of carbonyl (C=O) groups excluding carboxylic acids is 1. The number of H-pyrrole nitrogens is 1. The lowest BCUT2D eigenvalue weighted by Crippen LogP contribution is -2.34. The Morgan fingerprint density at radius 1 is 1.40 bits per heavy atom. The summed E-state index contributed by atoms with van der Waals surface area (Å²) >= 11 is 0. The summed E-state index contributed by atoms with van der Waals surface area (Å²) in [6.45, 7) is 3.56. The Hall–Kier alpha value is -3.56. The zero-order chi connectivity index (χ0) is 21.4. The highest BCUT2D eigenvalue weighted by Gasteiger charge is 2.31. The Labute approximate surface area is 173 Å². The summed E-state index contributed by atoms with van der Waals surface area (Å²) in [5.41, 5.74) is 2.21. The van der Waals surface area contributed by atoms with Gasteiger partial charge >= 0.3 is 0 Å². The van der Waals surface area contributed by atoms with Gasteiger partial charge < -0.3 is 24.5 Å². The molecule has 10 nitrogen and oxygen atoms in total. The number of nitrogens with one attached hydrogen (secondary N) is 2. The van der Waals surface area contributed by atoms with E-state index in [0.29, 0.717) is 34.7 Å². The van der Waals surface area contributed by atoms with Gasteiger partial charge in [0.1, 0.15) is 16.7 Å². The largest absolute Gasteiger partial charge is 0.478 e. The smallest absolute Gasteiger partial charge is 0.276 e. The molecule has 0 aromatic carbocycles. The number of amides is 1. The fourth-order valence-electron chi connectivity index (χ4n) is 4.12. The van der Waals surface area contributed by atoms with E-state index >= 15 is 0 Å². The maximum Gasteiger partial charge on any atom is 0.276 e. The van der Waals surface area contributed by atoms with Gasteiger partial charge in [0.2, 0.25) is 5.91 Å². The third-order valence-electron chi connectivity index (χ3n) is 5.71. The minimum atomic E-state index is -0.130. The summed E-state index contributed by atoms with van der Waals surface area (Å²) in [4.78, 5) is 34.0. The van der Waals surface area contributed by atoms with E-state index in [-0.39, 0.29) is 23.6 Å². The number of likely N-dealkylation sites (N-methyl/N-ethyl adjacent to an activating group) is 1. The molecule has 0 saturated heterocycles. The Balaban J connectivity index is 1.70. The molecule has 3 heterocycles. The van der Waals surface area contributed by atoms with Crippen LogP contribution in [0, 0.1) is 0 Å². The van der Waals surface area contributed by atoms with E-state index in [0.717, 1.165) is 12.8 Å². The van der Waals surface area contributed by atoms with E-state index in [1.807, 2.05) is 0 Å². The fourth-order valence-corrected chi connectivity index (χ4v) is 4.12. The Morgan fingerprint density at radius 2 is 2.20 bits per heavy atom. The first kappa shape index (κ1) is 19.7. The van der Waals surface area contributed by atoms with Crippen molar-refractivity contribution in [3.8, 4) is 5.88 Å². The molecule has 3 aromatic heterocycles. The zero-order valence-corrected chi connectivity index (χ0v) is 17.3. The van der Waals surface area contributed by atoms with Gasteiger partial charge in [-0.25, -0.2) is 4.98 Å². The van der Waals surface area contributed by atoms with E-state index in [9.17, 15) is 9.59 Å². The van der Waals surface area contributed by atoms with Crippen LogP contribution in [0.2, 0.25) is 0 Å². The molecule has 2 unspecified atom stereocenters. The van der Waals surface area contributed by atoms with Gasteiger partial charge in [0.05, 0.1) is 25.3 Å². The lowest BCUT2D eigenvalue weighted by Gasteiger charge is -2.23. The number of ether oxygens (including phenoxy) is 1. The van der Waals surface area contributed by atoms with Gasteiger partial charge in [-0.1, -0.05) is 6.58 Å². The van der Waals surface area contributed by atoms with Crippen molar-refractivity contribution < 1.29 is 9.53 Å². The highest BCUT2D eigenvalue weighted by molar-refractivity contribution is 5.89. The van der Waals surface area contributed by atoms with Crippen molar-refractivity contribution in [1.82, 2.24) is 29.2 Å². The van der Waals surface area contributed by atoms with Crippen LogP contribution in [0.3, 0.4) is 0 Å². The maximum absolute atomic E-state index is 13.1. The molecule has 1 amide bonds. The summed E-state index contributed by atoms with van der Waals surface area (Å²) in [5, 5.41) is 7.55. The number of aromatic nitrogens is 5. The number of pyridine rings is 1. The quantitative estimate of drug-likeness (QED) is 0.600. The lowest BCUT2D eigenvalue weighted by molar-refractivity contribution is -0.126. The Bertz CT molecular complexity index is 1160. The first-order valence-corrected chi connectivity index (χ1v) is 9.75. The molecule has 1 fully saturated rings. The number of aromatic amines is 1. The second-order valence-corrected chi connectivity index (χ2v) is 7.51. The maximum atomic E-state index is 13.1. The molecule has 2 N–H and O–H groups in total. The van der Waals surface area contributed by atoms with Gasteiger partial charge in [-0.15, -0.1) is 5.10 Å². The molecule has 30 heavy (non-hydrogen) atoms. The first-order chi connectivity index (χ1) is 14.4. The topological polar surface area (TPSA) is 110 Å². The highest BCUT2D eigenvalue weighted by Crippen LogP contribution is 2.34. The third-order valence-corrected chi connectivity index (χ3v) is 5.71. The number of nitrogens with zero attached hydrogens (tertiary/aromatic N) is 5. The van der Waals surface area contributed by atoms with Crippen molar-refractivity contribution in [1.29, 1.82) is 0 Å². The van der Waals surface area contributed by atoms with Crippen LogP contribution in [-0.2, 0) is 11.8 Å². The van der Waals surface area contributed by atoms with Crippen molar-refractivity contribution in [3.05, 3.63) is 41.7 Å². The molecule has 0 bridgehead atoms. The van der Waals surface area contributed by atoms with Gasteiger partial charge in [0, 0.05) is 32.4 Å². The molecule has 3 aromatic rings. The van der Waals surface area contributed by atoms with E-state index in [2.05, 4.69) is 27.0 Å². The average molecular weight is 411 g/mol. The molecule has 0 spiro atoms. The molecule has 1 aliphatic rings. The predicted octanol–water partition coefficient (Wildman–Crippen LogP) is 1.95. The van der Waals surface area contributed by atoms with Crippen molar-refractivity contribution in [3.63, 3.8) is 0 Å². The summed E-state index contributed by atoms with van der Waals surface area (Å²) < 4.78 is 8.70. The van der Waals surface area contributed by atoms with Crippen LogP contribution in [-0.4, -0.2) is 55.3 Å². The molecule has 1 aliphatic carbocycles. The minimum absolute atomic E-state index is 0.0217. The highest BCUT2D eigenvalue weighted by atomic mass is 16.5. The summed E-state index contributed by atoms with van der Waals surface area (Å²) in [5.74, 6) is 0.340. The molecular formula is C20H25N7O3. The number of hydrogen-bond acceptors (Lipinski definition) is 6. The second-order valence-electron chi connectivity index (χ2n) is 7.51. The monoisotopic (exact) mass is 411 g/mol. The molecular weight excluding hydrogens is 386 g/mol. The normalized spacial score (nSPS) is 18.5. The molecule has 0 radical (unpaired) electrons. The van der Waals surface area contributed by atoms with Crippen LogP contribution in [0.4, 0.5) is 11.4 Å². The minimum Gasteiger partial charge on any atom is -0.478 e. The van der Waals surface area contributed by atoms with Gasteiger partial charge in [0.25, 0.3) is 11.4 Å². The van der Waals surface area contributed by atoms with Crippen LogP contribution in [0.5, 0.6) is 5.88 Å². The number of aryl methyl sites for hydroxylation is 1. The molecule has 2 atom stereocenters. The average Bonchev–Trinajstić information content (AvgIpc) is 3.48. The number of carbonyl (C=O) groups is 1. The standard InChI is InChI=1S/C20H25N7O3/c1-5-16(28)26(3)12-6-7-13(8-12)27-10-14(17-18(20(27)29)22-11-21-17)23-15-9-25(2)24-19(15)30-4/h5,9-13,23H,1,6-8H2,2-4H3,(H,21,22). The van der Waals surface area contributed by atoms with Crippen LogP contribution >= 0.6 is 0 Å². The number of anilines is 2. The van der Waals surface area contributed by atoms with Crippen LogP contribution < -0.4 is 15.6 Å². The SMILES string of the molecule is C=CC(=O)N(C)C1CCC(n2cc(Nc3cn(C)nc3OC)c3nc[nH]c3c2=O)C1. The first-order valence-electron chi connectivity index (χ1n) is 9.75.